The van der Waals surface area contributed by atoms with Crippen molar-refractivity contribution in [1.82, 2.24) is 15.0 Å². The highest BCUT2D eigenvalue weighted by atomic mass is 16.5. The quantitative estimate of drug-likeness (QED) is 0.730. The molecule has 1 atom stereocenters. The lowest BCUT2D eigenvalue weighted by Crippen LogP contribution is -2.22. The van der Waals surface area contributed by atoms with Crippen molar-refractivity contribution in [3.8, 4) is 0 Å². The number of methoxy groups -OCH3 is 1. The number of ether oxygens (including phenoxy) is 1. The van der Waals surface area contributed by atoms with E-state index >= 15 is 0 Å². The van der Waals surface area contributed by atoms with Crippen molar-refractivity contribution in [2.75, 3.05) is 20.7 Å². The van der Waals surface area contributed by atoms with E-state index in [0.717, 1.165) is 13.0 Å². The summed E-state index contributed by atoms with van der Waals surface area (Å²) in [6.07, 6.45) is 0.449. The second-order valence-electron chi connectivity index (χ2n) is 3.91. The maximum Gasteiger partial charge on any atom is 0.240 e. The van der Waals surface area contributed by atoms with E-state index < -0.39 is 0 Å². The summed E-state index contributed by atoms with van der Waals surface area (Å²) in [6.45, 7) is 3.52. The van der Waals surface area contributed by atoms with Gasteiger partial charge in [0, 0.05) is 13.7 Å². The van der Waals surface area contributed by atoms with E-state index in [-0.39, 0.29) is 6.10 Å². The van der Waals surface area contributed by atoms with Gasteiger partial charge in [-0.05, 0) is 20.4 Å². The van der Waals surface area contributed by atoms with Gasteiger partial charge in [0.25, 0.3) is 0 Å². The molecule has 0 fully saturated rings. The summed E-state index contributed by atoms with van der Waals surface area (Å²) in [7, 11) is 3.54. The molecule has 0 aliphatic heterocycles. The van der Waals surface area contributed by atoms with Crippen LogP contribution in [-0.4, -0.2) is 47.0 Å². The van der Waals surface area contributed by atoms with Gasteiger partial charge in [0.15, 0.2) is 5.82 Å². The maximum atomic E-state index is 9.15. The molecule has 0 aromatic carbocycles. The fourth-order valence-corrected chi connectivity index (χ4v) is 1.26. The van der Waals surface area contributed by atoms with Gasteiger partial charge in [-0.15, -0.1) is 0 Å². The Hall–Kier alpha value is -0.980. The summed E-state index contributed by atoms with van der Waals surface area (Å²) in [5.41, 5.74) is 0. The Balaban J connectivity index is 2.34. The monoisotopic (exact) mass is 229 g/mol. The van der Waals surface area contributed by atoms with Crippen LogP contribution in [0, 0.1) is 0 Å². The standard InChI is InChI=1S/C10H19N3O3/c1-8(14)4-5-13(2)6-10-11-9(7-15-3)12-16-10/h8,14H,4-7H2,1-3H3. The molecule has 1 N–H and O–H groups in total. The van der Waals surface area contributed by atoms with Crippen LogP contribution in [0.15, 0.2) is 4.52 Å². The van der Waals surface area contributed by atoms with E-state index in [1.165, 1.54) is 0 Å². The first kappa shape index (κ1) is 13.1. The van der Waals surface area contributed by atoms with E-state index in [0.29, 0.717) is 24.9 Å². The lowest BCUT2D eigenvalue weighted by atomic mass is 10.3. The first-order valence-electron chi connectivity index (χ1n) is 5.29. The van der Waals surface area contributed by atoms with Crippen LogP contribution in [0.25, 0.3) is 0 Å². The van der Waals surface area contributed by atoms with Crippen molar-refractivity contribution in [3.05, 3.63) is 11.7 Å². The number of aromatic nitrogens is 2. The molecule has 0 spiro atoms. The SMILES string of the molecule is COCc1noc(CN(C)CCC(C)O)n1. The van der Waals surface area contributed by atoms with Gasteiger partial charge in [0.1, 0.15) is 6.61 Å². The van der Waals surface area contributed by atoms with Crippen LogP contribution in [0.3, 0.4) is 0 Å². The molecule has 0 radical (unpaired) electrons. The lowest BCUT2D eigenvalue weighted by Gasteiger charge is -2.14. The van der Waals surface area contributed by atoms with Crippen LogP contribution in [0.4, 0.5) is 0 Å². The molecule has 1 rings (SSSR count). The molecule has 0 saturated heterocycles. The molecule has 0 bridgehead atoms. The van der Waals surface area contributed by atoms with Gasteiger partial charge in [-0.25, -0.2) is 0 Å². The average molecular weight is 229 g/mol. The highest BCUT2D eigenvalue weighted by Gasteiger charge is 2.09. The number of aliphatic hydroxyl groups excluding tert-OH is 1. The number of rotatable bonds is 7. The zero-order valence-corrected chi connectivity index (χ0v) is 10.0. The van der Waals surface area contributed by atoms with E-state index in [2.05, 4.69) is 10.1 Å². The third-order valence-corrected chi connectivity index (χ3v) is 2.12. The second kappa shape index (κ2) is 6.57. The number of hydrogen-bond donors (Lipinski definition) is 1. The maximum absolute atomic E-state index is 9.15. The minimum atomic E-state index is -0.283. The Labute approximate surface area is 95.2 Å². The van der Waals surface area contributed by atoms with Crippen LogP contribution < -0.4 is 0 Å². The summed E-state index contributed by atoms with van der Waals surface area (Å²) < 4.78 is 9.94. The van der Waals surface area contributed by atoms with E-state index in [1.54, 1.807) is 14.0 Å². The minimum absolute atomic E-state index is 0.283. The molecule has 6 nitrogen and oxygen atoms in total. The first-order chi connectivity index (χ1) is 7.61. The molecule has 1 aromatic rings. The van der Waals surface area contributed by atoms with Gasteiger partial charge < -0.3 is 14.4 Å². The average Bonchev–Trinajstić information content (AvgIpc) is 2.63. The van der Waals surface area contributed by atoms with Crippen molar-refractivity contribution in [3.63, 3.8) is 0 Å². The minimum Gasteiger partial charge on any atom is -0.393 e. The molecule has 0 amide bonds. The molecule has 6 heteroatoms. The zero-order chi connectivity index (χ0) is 12.0. The predicted molar refractivity (Wildman–Crippen MR) is 57.6 cm³/mol. The van der Waals surface area contributed by atoms with E-state index in [1.807, 2.05) is 11.9 Å². The highest BCUT2D eigenvalue weighted by Crippen LogP contribution is 2.03. The Bertz CT molecular complexity index is 301. The van der Waals surface area contributed by atoms with Crippen LogP contribution >= 0.6 is 0 Å². The van der Waals surface area contributed by atoms with Crippen molar-refractivity contribution in [1.29, 1.82) is 0 Å². The van der Waals surface area contributed by atoms with Crippen LogP contribution in [-0.2, 0) is 17.9 Å². The third-order valence-electron chi connectivity index (χ3n) is 2.12. The van der Waals surface area contributed by atoms with Gasteiger partial charge in [-0.2, -0.15) is 4.98 Å². The van der Waals surface area contributed by atoms with E-state index in [4.69, 9.17) is 14.4 Å². The lowest BCUT2D eigenvalue weighted by molar-refractivity contribution is 0.158. The zero-order valence-electron chi connectivity index (χ0n) is 10.0. The number of hydrogen-bond acceptors (Lipinski definition) is 6. The van der Waals surface area contributed by atoms with Gasteiger partial charge >= 0.3 is 0 Å². The molecule has 16 heavy (non-hydrogen) atoms. The summed E-state index contributed by atoms with van der Waals surface area (Å²) in [5, 5.41) is 12.9. The molecule has 1 heterocycles. The molecule has 0 aliphatic rings. The normalized spacial score (nSPS) is 13.3. The Morgan fingerprint density at radius 1 is 1.56 bits per heavy atom. The predicted octanol–water partition coefficient (Wildman–Crippen LogP) is 0.419. The summed E-state index contributed by atoms with van der Waals surface area (Å²) in [5.74, 6) is 1.13. The largest absolute Gasteiger partial charge is 0.393 e. The van der Waals surface area contributed by atoms with Gasteiger partial charge in [-0.3, -0.25) is 4.90 Å². The molecule has 1 aromatic heterocycles. The molecular formula is C10H19N3O3. The Morgan fingerprint density at radius 3 is 2.94 bits per heavy atom. The molecule has 92 valence electrons. The summed E-state index contributed by atoms with van der Waals surface area (Å²) in [4.78, 5) is 6.18. The van der Waals surface area contributed by atoms with Crippen LogP contribution in [0.1, 0.15) is 25.1 Å². The molecular weight excluding hydrogens is 210 g/mol. The van der Waals surface area contributed by atoms with Gasteiger partial charge in [0.2, 0.25) is 5.89 Å². The first-order valence-corrected chi connectivity index (χ1v) is 5.29. The third kappa shape index (κ3) is 4.69. The van der Waals surface area contributed by atoms with E-state index in [9.17, 15) is 0 Å². The summed E-state index contributed by atoms with van der Waals surface area (Å²) >= 11 is 0. The molecule has 0 saturated carbocycles. The fraction of sp³-hybridized carbons (Fsp3) is 0.800. The second-order valence-corrected chi connectivity index (χ2v) is 3.91. The van der Waals surface area contributed by atoms with Crippen molar-refractivity contribution in [2.45, 2.75) is 32.6 Å². The van der Waals surface area contributed by atoms with Crippen molar-refractivity contribution >= 4 is 0 Å². The highest BCUT2D eigenvalue weighted by molar-refractivity contribution is 4.84. The van der Waals surface area contributed by atoms with Crippen molar-refractivity contribution < 1.29 is 14.4 Å². The topological polar surface area (TPSA) is 71.6 Å². The number of nitrogens with zero attached hydrogens (tertiary/aromatic N) is 3. The van der Waals surface area contributed by atoms with Crippen LogP contribution in [0.2, 0.25) is 0 Å². The Morgan fingerprint density at radius 2 is 2.31 bits per heavy atom. The molecule has 0 aliphatic carbocycles. The summed E-state index contributed by atoms with van der Waals surface area (Å²) in [6, 6.07) is 0. The van der Waals surface area contributed by atoms with Crippen LogP contribution in [0.5, 0.6) is 0 Å². The van der Waals surface area contributed by atoms with Crippen molar-refractivity contribution in [2.24, 2.45) is 0 Å². The van der Waals surface area contributed by atoms with Gasteiger partial charge in [0.05, 0.1) is 12.6 Å². The Kier molecular flexibility index (Phi) is 5.37. The fourth-order valence-electron chi connectivity index (χ4n) is 1.26. The molecule has 1 unspecified atom stereocenters. The van der Waals surface area contributed by atoms with Gasteiger partial charge in [-0.1, -0.05) is 5.16 Å². The number of aliphatic hydroxyl groups is 1. The smallest absolute Gasteiger partial charge is 0.240 e.